The summed E-state index contributed by atoms with van der Waals surface area (Å²) in [5.41, 5.74) is 0.226. The van der Waals surface area contributed by atoms with E-state index in [1.165, 1.54) is 0 Å². The van der Waals surface area contributed by atoms with Crippen LogP contribution in [0.5, 0.6) is 11.5 Å². The molecule has 0 heterocycles. The van der Waals surface area contributed by atoms with Crippen molar-refractivity contribution in [3.8, 4) is 11.5 Å². The fourth-order valence-corrected chi connectivity index (χ4v) is 1.69. The van der Waals surface area contributed by atoms with E-state index in [1.54, 1.807) is 54.6 Å². The maximum absolute atomic E-state index is 10.8. The Hall–Kier alpha value is -3.02. The van der Waals surface area contributed by atoms with E-state index < -0.39 is 12.1 Å². The molecular formula is C18H20O6. The number of hydrogen-bond acceptors (Lipinski definition) is 4. The van der Waals surface area contributed by atoms with Crippen LogP contribution in [0, 0.1) is 0 Å². The number of aromatic carboxylic acids is 1. The molecule has 0 spiro atoms. The Labute approximate surface area is 140 Å². The number of carbonyl (C=O) groups is 2. The summed E-state index contributed by atoms with van der Waals surface area (Å²) in [4.78, 5) is 20.7. The highest BCUT2D eigenvalue weighted by Crippen LogP contribution is 2.17. The molecule has 0 bridgehead atoms. The van der Waals surface area contributed by atoms with Gasteiger partial charge in [0.1, 0.15) is 17.1 Å². The molecule has 0 aliphatic rings. The zero-order chi connectivity index (χ0) is 17.8. The van der Waals surface area contributed by atoms with E-state index in [4.69, 9.17) is 14.9 Å². The summed E-state index contributed by atoms with van der Waals surface area (Å²) in [5.74, 6) is -0.152. The van der Waals surface area contributed by atoms with Crippen molar-refractivity contribution < 1.29 is 29.3 Å². The normalized spacial score (nSPS) is 9.38. The van der Waals surface area contributed by atoms with E-state index in [0.717, 1.165) is 12.8 Å². The summed E-state index contributed by atoms with van der Waals surface area (Å²) < 4.78 is 9.69. The van der Waals surface area contributed by atoms with Crippen LogP contribution in [0.4, 0.5) is 4.79 Å². The molecular weight excluding hydrogens is 312 g/mol. The Bertz CT molecular complexity index is 639. The number of carboxylic acid groups (broad SMARTS) is 2. The molecule has 6 heteroatoms. The van der Waals surface area contributed by atoms with Crippen molar-refractivity contribution in [2.75, 3.05) is 6.61 Å². The fourth-order valence-electron chi connectivity index (χ4n) is 1.69. The largest absolute Gasteiger partial charge is 0.511 e. The molecule has 2 N–H and O–H groups in total. The molecule has 2 aromatic rings. The predicted octanol–water partition coefficient (Wildman–Crippen LogP) is 4.31. The van der Waals surface area contributed by atoms with Crippen LogP contribution in [-0.4, -0.2) is 28.9 Å². The van der Waals surface area contributed by atoms with Gasteiger partial charge in [-0.3, -0.25) is 0 Å². The van der Waals surface area contributed by atoms with Crippen LogP contribution in [-0.2, 0) is 0 Å². The van der Waals surface area contributed by atoms with E-state index in [-0.39, 0.29) is 5.56 Å². The van der Waals surface area contributed by atoms with Gasteiger partial charge < -0.3 is 19.7 Å². The van der Waals surface area contributed by atoms with Gasteiger partial charge in [0.05, 0.1) is 6.61 Å². The van der Waals surface area contributed by atoms with Crippen molar-refractivity contribution in [2.45, 2.75) is 19.8 Å². The number of unbranched alkanes of at least 4 members (excludes halogenated alkanes) is 1. The first kappa shape index (κ1) is 19.0. The van der Waals surface area contributed by atoms with Gasteiger partial charge in [0.25, 0.3) is 0 Å². The summed E-state index contributed by atoms with van der Waals surface area (Å²) in [6.45, 7) is 2.63. The van der Waals surface area contributed by atoms with Gasteiger partial charge in [-0.05, 0) is 30.7 Å². The molecule has 0 saturated carbocycles. The molecule has 6 nitrogen and oxygen atoms in total. The number of rotatable bonds is 6. The lowest BCUT2D eigenvalue weighted by molar-refractivity contribution is 0.0692. The van der Waals surface area contributed by atoms with E-state index in [9.17, 15) is 9.59 Å². The van der Waals surface area contributed by atoms with Gasteiger partial charge in [0.2, 0.25) is 0 Å². The molecule has 0 aromatic heterocycles. The van der Waals surface area contributed by atoms with Gasteiger partial charge in [0, 0.05) is 0 Å². The summed E-state index contributed by atoms with van der Waals surface area (Å²) in [5, 5.41) is 17.0. The molecule has 0 saturated heterocycles. The molecule has 0 fully saturated rings. The lowest BCUT2D eigenvalue weighted by atomic mass is 10.2. The first-order valence-corrected chi connectivity index (χ1v) is 7.45. The molecule has 0 aliphatic heterocycles. The zero-order valence-electron chi connectivity index (χ0n) is 13.3. The summed E-state index contributed by atoms with van der Waals surface area (Å²) in [6, 6.07) is 15.0. The molecule has 0 aliphatic carbocycles. The quantitative estimate of drug-likeness (QED) is 0.465. The van der Waals surface area contributed by atoms with Crippen molar-refractivity contribution in [3.63, 3.8) is 0 Å². The van der Waals surface area contributed by atoms with E-state index in [0.29, 0.717) is 18.1 Å². The van der Waals surface area contributed by atoms with Gasteiger partial charge >= 0.3 is 12.1 Å². The van der Waals surface area contributed by atoms with Gasteiger partial charge in [-0.15, -0.1) is 0 Å². The summed E-state index contributed by atoms with van der Waals surface area (Å²) >= 11 is 0. The Balaban J connectivity index is 0.000000254. The van der Waals surface area contributed by atoms with Gasteiger partial charge in [0.15, 0.2) is 0 Å². The van der Waals surface area contributed by atoms with Crippen molar-refractivity contribution in [1.82, 2.24) is 0 Å². The average Bonchev–Trinajstić information content (AvgIpc) is 2.56. The van der Waals surface area contributed by atoms with Crippen molar-refractivity contribution >= 4 is 12.1 Å². The Morgan fingerprint density at radius 2 is 1.58 bits per heavy atom. The number of para-hydroxylation sites is 2. The Kier molecular flexibility index (Phi) is 8.45. The van der Waals surface area contributed by atoms with E-state index in [2.05, 4.69) is 11.7 Å². The highest BCUT2D eigenvalue weighted by Gasteiger charge is 2.09. The maximum Gasteiger partial charge on any atom is 0.511 e. The molecule has 0 radical (unpaired) electrons. The van der Waals surface area contributed by atoms with Crippen LogP contribution in [0.15, 0.2) is 54.6 Å². The first-order chi connectivity index (χ1) is 11.5. The van der Waals surface area contributed by atoms with E-state index in [1.807, 2.05) is 0 Å². The standard InChI is InChI=1S/C11H14O3.C7H6O3/c1-2-3-8-14-10-7-5-4-6-9(10)11(12)13;8-7(9)10-6-4-2-1-3-5-6/h4-7H,2-3,8H2,1H3,(H,12,13);1-5H,(H,8,9). The van der Waals surface area contributed by atoms with Gasteiger partial charge in [-0.25, -0.2) is 9.59 Å². The van der Waals surface area contributed by atoms with Crippen molar-refractivity contribution in [2.24, 2.45) is 0 Å². The Morgan fingerprint density at radius 3 is 2.17 bits per heavy atom. The second kappa shape index (κ2) is 10.7. The highest BCUT2D eigenvalue weighted by atomic mass is 16.7. The number of benzene rings is 2. The second-order valence-electron chi connectivity index (χ2n) is 4.68. The topological polar surface area (TPSA) is 93.1 Å². The molecule has 0 amide bonds. The second-order valence-corrected chi connectivity index (χ2v) is 4.68. The molecule has 0 unspecified atom stereocenters. The van der Waals surface area contributed by atoms with E-state index >= 15 is 0 Å². The molecule has 2 aromatic carbocycles. The smallest absolute Gasteiger partial charge is 0.493 e. The third-order valence-electron chi connectivity index (χ3n) is 2.82. The van der Waals surface area contributed by atoms with Crippen LogP contribution in [0.2, 0.25) is 0 Å². The molecule has 128 valence electrons. The van der Waals surface area contributed by atoms with Crippen LogP contribution in [0.25, 0.3) is 0 Å². The Morgan fingerprint density at radius 1 is 0.958 bits per heavy atom. The monoisotopic (exact) mass is 332 g/mol. The van der Waals surface area contributed by atoms with Gasteiger partial charge in [-0.2, -0.15) is 0 Å². The summed E-state index contributed by atoms with van der Waals surface area (Å²) in [7, 11) is 0. The minimum absolute atomic E-state index is 0.226. The fraction of sp³-hybridized carbons (Fsp3) is 0.222. The van der Waals surface area contributed by atoms with Crippen LogP contribution >= 0.6 is 0 Å². The maximum atomic E-state index is 10.8. The number of ether oxygens (including phenoxy) is 2. The number of hydrogen-bond donors (Lipinski definition) is 2. The van der Waals surface area contributed by atoms with Gasteiger partial charge in [-0.1, -0.05) is 43.7 Å². The number of carboxylic acids is 1. The lowest BCUT2D eigenvalue weighted by Crippen LogP contribution is -2.03. The minimum Gasteiger partial charge on any atom is -0.493 e. The molecule has 24 heavy (non-hydrogen) atoms. The van der Waals surface area contributed by atoms with Crippen LogP contribution in [0.3, 0.4) is 0 Å². The zero-order valence-corrected chi connectivity index (χ0v) is 13.3. The van der Waals surface area contributed by atoms with Crippen molar-refractivity contribution in [3.05, 3.63) is 60.2 Å². The summed E-state index contributed by atoms with van der Waals surface area (Å²) in [6.07, 6.45) is 0.689. The highest BCUT2D eigenvalue weighted by molar-refractivity contribution is 5.90. The van der Waals surface area contributed by atoms with Crippen molar-refractivity contribution in [1.29, 1.82) is 0 Å². The third-order valence-corrected chi connectivity index (χ3v) is 2.82. The molecule has 0 atom stereocenters. The molecule has 2 rings (SSSR count). The average molecular weight is 332 g/mol. The third kappa shape index (κ3) is 7.31. The SMILES string of the molecule is CCCCOc1ccccc1C(=O)O.O=C(O)Oc1ccccc1. The lowest BCUT2D eigenvalue weighted by Gasteiger charge is -2.07. The van der Waals surface area contributed by atoms with Crippen LogP contribution < -0.4 is 9.47 Å². The minimum atomic E-state index is -1.29. The predicted molar refractivity (Wildman–Crippen MR) is 88.9 cm³/mol. The van der Waals surface area contributed by atoms with Crippen LogP contribution in [0.1, 0.15) is 30.1 Å². The first-order valence-electron chi connectivity index (χ1n) is 7.45.